The Morgan fingerprint density at radius 3 is 2.92 bits per heavy atom. The molecule has 1 amide bonds. The lowest BCUT2D eigenvalue weighted by Crippen LogP contribution is -2.13. The molecule has 6 nitrogen and oxygen atoms in total. The van der Waals surface area contributed by atoms with E-state index in [0.29, 0.717) is 29.5 Å². The number of H-pyrrole nitrogens is 1. The second-order valence-corrected chi connectivity index (χ2v) is 7.10. The van der Waals surface area contributed by atoms with E-state index in [0.717, 1.165) is 15.6 Å². The molecule has 0 bridgehead atoms. The number of aromatic nitrogens is 3. The van der Waals surface area contributed by atoms with Gasteiger partial charge in [0, 0.05) is 23.5 Å². The van der Waals surface area contributed by atoms with Crippen LogP contribution in [-0.4, -0.2) is 26.0 Å². The highest BCUT2D eigenvalue weighted by Gasteiger charge is 2.11. The van der Waals surface area contributed by atoms with Crippen molar-refractivity contribution in [1.82, 2.24) is 15.0 Å². The average Bonchev–Trinajstić information content (AvgIpc) is 2.96. The Morgan fingerprint density at radius 2 is 2.16 bits per heavy atom. The molecule has 0 fully saturated rings. The van der Waals surface area contributed by atoms with Crippen molar-refractivity contribution in [3.8, 4) is 5.75 Å². The number of nitrogens with zero attached hydrogens (tertiary/aromatic N) is 2. The number of anilines is 1. The number of halogens is 1. The SMILES string of the molecule is CC(C)c1ccc(O)c(NC(=O)CCc2nc3ncc(Br)cc3[nH]2)c1. The Labute approximate surface area is 153 Å². The number of aromatic amines is 1. The van der Waals surface area contributed by atoms with Crippen molar-refractivity contribution in [1.29, 1.82) is 0 Å². The number of rotatable bonds is 5. The standard InChI is InChI=1S/C18H19BrN4O2/c1-10(2)11-3-4-15(24)13(7-11)22-17(25)6-5-16-21-14-8-12(19)9-20-18(14)23-16/h3-4,7-10,24H,5-6H2,1-2H3,(H,22,25)(H,20,21,23). The second-order valence-electron chi connectivity index (χ2n) is 6.19. The molecule has 0 aliphatic carbocycles. The van der Waals surface area contributed by atoms with Gasteiger partial charge in [-0.1, -0.05) is 19.9 Å². The first-order valence-corrected chi connectivity index (χ1v) is 8.84. The number of imidazole rings is 1. The fourth-order valence-electron chi connectivity index (χ4n) is 2.50. The number of hydrogen-bond donors (Lipinski definition) is 3. The lowest BCUT2D eigenvalue weighted by molar-refractivity contribution is -0.116. The molecule has 0 spiro atoms. The minimum atomic E-state index is -0.175. The smallest absolute Gasteiger partial charge is 0.224 e. The fourth-order valence-corrected chi connectivity index (χ4v) is 2.83. The van der Waals surface area contributed by atoms with Crippen LogP contribution in [0.4, 0.5) is 5.69 Å². The lowest BCUT2D eigenvalue weighted by atomic mass is 10.0. The van der Waals surface area contributed by atoms with Gasteiger partial charge in [0.15, 0.2) is 5.65 Å². The quantitative estimate of drug-likeness (QED) is 0.559. The predicted octanol–water partition coefficient (Wildman–Crippen LogP) is 4.12. The van der Waals surface area contributed by atoms with Crippen LogP contribution in [0, 0.1) is 0 Å². The van der Waals surface area contributed by atoms with Crippen molar-refractivity contribution in [2.45, 2.75) is 32.6 Å². The van der Waals surface area contributed by atoms with E-state index >= 15 is 0 Å². The van der Waals surface area contributed by atoms with Gasteiger partial charge in [-0.05, 0) is 45.6 Å². The zero-order valence-corrected chi connectivity index (χ0v) is 15.6. The molecular weight excluding hydrogens is 384 g/mol. The molecule has 2 heterocycles. The van der Waals surface area contributed by atoms with Crippen LogP contribution in [-0.2, 0) is 11.2 Å². The van der Waals surface area contributed by atoms with E-state index in [4.69, 9.17) is 0 Å². The molecule has 3 N–H and O–H groups in total. The van der Waals surface area contributed by atoms with E-state index < -0.39 is 0 Å². The van der Waals surface area contributed by atoms with Gasteiger partial charge in [-0.3, -0.25) is 4.79 Å². The van der Waals surface area contributed by atoms with Crippen LogP contribution in [0.15, 0.2) is 34.9 Å². The van der Waals surface area contributed by atoms with Crippen molar-refractivity contribution in [3.05, 3.63) is 46.3 Å². The number of benzene rings is 1. The number of carbonyl (C=O) groups excluding carboxylic acids is 1. The number of hydrogen-bond acceptors (Lipinski definition) is 4. The summed E-state index contributed by atoms with van der Waals surface area (Å²) in [5, 5.41) is 12.7. The first-order valence-electron chi connectivity index (χ1n) is 8.05. The number of aryl methyl sites for hydroxylation is 1. The molecule has 0 aliphatic heterocycles. The monoisotopic (exact) mass is 402 g/mol. The third-order valence-electron chi connectivity index (χ3n) is 3.90. The summed E-state index contributed by atoms with van der Waals surface area (Å²) in [7, 11) is 0. The Balaban J connectivity index is 1.65. The molecule has 1 aromatic carbocycles. The molecule has 0 saturated carbocycles. The third kappa shape index (κ3) is 4.17. The van der Waals surface area contributed by atoms with Crippen molar-refractivity contribution in [2.75, 3.05) is 5.32 Å². The van der Waals surface area contributed by atoms with Gasteiger partial charge in [-0.25, -0.2) is 9.97 Å². The van der Waals surface area contributed by atoms with E-state index in [9.17, 15) is 9.90 Å². The molecule has 3 aromatic rings. The summed E-state index contributed by atoms with van der Waals surface area (Å²) in [6.07, 6.45) is 2.40. The van der Waals surface area contributed by atoms with Crippen molar-refractivity contribution >= 4 is 38.7 Å². The Morgan fingerprint density at radius 1 is 1.36 bits per heavy atom. The van der Waals surface area contributed by atoms with Crippen molar-refractivity contribution in [2.24, 2.45) is 0 Å². The molecule has 2 aromatic heterocycles. The minimum Gasteiger partial charge on any atom is -0.506 e. The number of phenols is 1. The number of carbonyl (C=O) groups is 1. The van der Waals surface area contributed by atoms with E-state index in [1.54, 1.807) is 18.3 Å². The summed E-state index contributed by atoms with van der Waals surface area (Å²) in [5.74, 6) is 0.913. The van der Waals surface area contributed by atoms with Crippen LogP contribution in [0.5, 0.6) is 5.75 Å². The van der Waals surface area contributed by atoms with Crippen LogP contribution in [0.25, 0.3) is 11.2 Å². The van der Waals surface area contributed by atoms with Crippen LogP contribution in [0.1, 0.15) is 37.6 Å². The third-order valence-corrected chi connectivity index (χ3v) is 4.34. The summed E-state index contributed by atoms with van der Waals surface area (Å²) in [6, 6.07) is 7.16. The summed E-state index contributed by atoms with van der Waals surface area (Å²) in [4.78, 5) is 23.9. The number of aromatic hydroxyl groups is 1. The van der Waals surface area contributed by atoms with Gasteiger partial charge >= 0.3 is 0 Å². The van der Waals surface area contributed by atoms with Gasteiger partial charge < -0.3 is 15.4 Å². The molecule has 0 unspecified atom stereocenters. The van der Waals surface area contributed by atoms with E-state index in [2.05, 4.69) is 50.0 Å². The highest BCUT2D eigenvalue weighted by atomic mass is 79.9. The topological polar surface area (TPSA) is 90.9 Å². The van der Waals surface area contributed by atoms with Crippen LogP contribution in [0.3, 0.4) is 0 Å². The predicted molar refractivity (Wildman–Crippen MR) is 101 cm³/mol. The zero-order valence-electron chi connectivity index (χ0n) is 14.0. The van der Waals surface area contributed by atoms with Gasteiger partial charge in [0.2, 0.25) is 5.91 Å². The summed E-state index contributed by atoms with van der Waals surface area (Å²) in [6.45, 7) is 4.12. The van der Waals surface area contributed by atoms with Crippen LogP contribution < -0.4 is 5.32 Å². The molecule has 25 heavy (non-hydrogen) atoms. The van der Waals surface area contributed by atoms with Gasteiger partial charge in [0.1, 0.15) is 11.6 Å². The zero-order chi connectivity index (χ0) is 18.0. The number of phenolic OH excluding ortho intramolecular Hbond substituents is 1. The molecular formula is C18H19BrN4O2. The van der Waals surface area contributed by atoms with E-state index in [1.165, 1.54) is 0 Å². The Hall–Kier alpha value is -2.41. The molecule has 130 valence electrons. The fraction of sp³-hybridized carbons (Fsp3) is 0.278. The number of amides is 1. The Bertz CT molecular complexity index is 921. The first kappa shape index (κ1) is 17.4. The maximum atomic E-state index is 12.2. The number of pyridine rings is 1. The van der Waals surface area contributed by atoms with Gasteiger partial charge in [-0.2, -0.15) is 0 Å². The maximum absolute atomic E-state index is 12.2. The van der Waals surface area contributed by atoms with Crippen molar-refractivity contribution < 1.29 is 9.90 Å². The van der Waals surface area contributed by atoms with Crippen molar-refractivity contribution in [3.63, 3.8) is 0 Å². The largest absolute Gasteiger partial charge is 0.506 e. The summed E-state index contributed by atoms with van der Waals surface area (Å²) in [5.41, 5.74) is 2.95. The summed E-state index contributed by atoms with van der Waals surface area (Å²) < 4.78 is 0.869. The lowest BCUT2D eigenvalue weighted by Gasteiger charge is -2.11. The van der Waals surface area contributed by atoms with E-state index in [1.807, 2.05) is 12.1 Å². The molecule has 0 aliphatic rings. The molecule has 3 rings (SSSR count). The van der Waals surface area contributed by atoms with Gasteiger partial charge in [-0.15, -0.1) is 0 Å². The molecule has 0 atom stereocenters. The summed E-state index contributed by atoms with van der Waals surface area (Å²) >= 11 is 3.37. The molecule has 0 radical (unpaired) electrons. The highest BCUT2D eigenvalue weighted by Crippen LogP contribution is 2.27. The minimum absolute atomic E-state index is 0.0653. The number of nitrogens with one attached hydrogen (secondary N) is 2. The second kappa shape index (κ2) is 7.23. The van der Waals surface area contributed by atoms with Gasteiger partial charge in [0.25, 0.3) is 0 Å². The molecule has 0 saturated heterocycles. The maximum Gasteiger partial charge on any atom is 0.224 e. The average molecular weight is 403 g/mol. The normalized spacial score (nSPS) is 11.2. The number of fused-ring (bicyclic) bond motifs is 1. The molecule has 7 heteroatoms. The Kier molecular flexibility index (Phi) is 5.03. The van der Waals surface area contributed by atoms with E-state index in [-0.39, 0.29) is 18.1 Å². The highest BCUT2D eigenvalue weighted by molar-refractivity contribution is 9.10. The van der Waals surface area contributed by atoms with Crippen LogP contribution in [0.2, 0.25) is 0 Å². The van der Waals surface area contributed by atoms with Crippen LogP contribution >= 0.6 is 15.9 Å². The first-order chi connectivity index (χ1) is 11.9. The van der Waals surface area contributed by atoms with Gasteiger partial charge in [0.05, 0.1) is 11.2 Å².